The third-order valence-electron chi connectivity index (χ3n) is 4.97. The van der Waals surface area contributed by atoms with Crippen LogP contribution < -0.4 is 10.5 Å². The molecule has 1 fully saturated rings. The molecule has 4 rings (SSSR count). The zero-order valence-electron chi connectivity index (χ0n) is 14.4. The third-order valence-corrected chi connectivity index (χ3v) is 6.17. The Balaban J connectivity index is 1.36. The predicted octanol–water partition coefficient (Wildman–Crippen LogP) is 2.62. The van der Waals surface area contributed by atoms with E-state index in [-0.39, 0.29) is 5.56 Å². The summed E-state index contributed by atoms with van der Waals surface area (Å²) in [5, 5.41) is 0. The molecule has 132 valence electrons. The summed E-state index contributed by atoms with van der Waals surface area (Å²) < 4.78 is 2.42. The summed E-state index contributed by atoms with van der Waals surface area (Å²) in [5.74, 6) is 1.77. The van der Waals surface area contributed by atoms with Gasteiger partial charge in [-0.1, -0.05) is 42.3 Å². The smallest absolute Gasteiger partial charge is 0.255 e. The number of aromatic amines is 1. The molecule has 1 aliphatic heterocycles. The summed E-state index contributed by atoms with van der Waals surface area (Å²) in [4.78, 5) is 22.3. The van der Waals surface area contributed by atoms with Gasteiger partial charge in [-0.2, -0.15) is 0 Å². The van der Waals surface area contributed by atoms with Gasteiger partial charge in [0.1, 0.15) is 0 Å². The first-order chi connectivity index (χ1) is 12.3. The van der Waals surface area contributed by atoms with E-state index in [2.05, 4.69) is 44.5 Å². The van der Waals surface area contributed by atoms with Crippen LogP contribution in [0, 0.1) is 0 Å². The molecule has 0 radical (unpaired) electrons. The van der Waals surface area contributed by atoms with Gasteiger partial charge in [-0.05, 0) is 31.2 Å². The van der Waals surface area contributed by atoms with E-state index in [1.54, 1.807) is 0 Å². The lowest BCUT2D eigenvalue weighted by Gasteiger charge is -2.34. The van der Waals surface area contributed by atoms with E-state index < -0.39 is 0 Å². The van der Waals surface area contributed by atoms with Crippen molar-refractivity contribution in [2.24, 2.45) is 0 Å². The first-order valence-electron chi connectivity index (χ1n) is 9.08. The molecule has 0 saturated carbocycles. The van der Waals surface area contributed by atoms with Gasteiger partial charge in [0.2, 0.25) is 5.95 Å². The molecule has 6 heteroatoms. The third kappa shape index (κ3) is 3.90. The molecule has 0 unspecified atom stereocenters. The van der Waals surface area contributed by atoms with Crippen LogP contribution in [-0.2, 0) is 18.6 Å². The van der Waals surface area contributed by atoms with Crippen LogP contribution in [0.3, 0.4) is 0 Å². The van der Waals surface area contributed by atoms with Gasteiger partial charge in [-0.3, -0.25) is 9.78 Å². The quantitative estimate of drug-likeness (QED) is 0.854. The van der Waals surface area contributed by atoms with Crippen LogP contribution in [0.25, 0.3) is 0 Å². The molecule has 0 amide bonds. The van der Waals surface area contributed by atoms with Crippen LogP contribution in [0.5, 0.6) is 0 Å². The molecule has 1 aliphatic carbocycles. The second-order valence-corrected chi connectivity index (χ2v) is 7.76. The summed E-state index contributed by atoms with van der Waals surface area (Å²) >= 11 is 1.89. The van der Waals surface area contributed by atoms with Gasteiger partial charge in [-0.25, -0.2) is 9.29 Å². The fraction of sp³-hybridized carbons (Fsp3) is 0.474. The minimum atomic E-state index is 0.0700. The number of aromatic nitrogens is 2. The normalized spacial score (nSPS) is 18.2. The highest BCUT2D eigenvalue weighted by molar-refractivity contribution is 7.96. The molecule has 1 N–H and O–H groups in total. The van der Waals surface area contributed by atoms with Gasteiger partial charge in [0.25, 0.3) is 5.56 Å². The molecule has 2 heterocycles. The van der Waals surface area contributed by atoms with Crippen LogP contribution in [-0.4, -0.2) is 40.5 Å². The first kappa shape index (κ1) is 16.7. The van der Waals surface area contributed by atoms with E-state index >= 15 is 0 Å². The molecule has 2 aromatic rings. The monoisotopic (exact) mass is 356 g/mol. The fourth-order valence-corrected chi connectivity index (χ4v) is 4.45. The van der Waals surface area contributed by atoms with Crippen molar-refractivity contribution in [3.05, 3.63) is 57.5 Å². The zero-order chi connectivity index (χ0) is 17.1. The Morgan fingerprint density at radius 1 is 1.04 bits per heavy atom. The van der Waals surface area contributed by atoms with Crippen molar-refractivity contribution in [2.45, 2.75) is 31.4 Å². The molecule has 0 spiro atoms. The van der Waals surface area contributed by atoms with Crippen molar-refractivity contribution in [3.8, 4) is 0 Å². The topological polar surface area (TPSA) is 52.2 Å². The van der Waals surface area contributed by atoms with Gasteiger partial charge < -0.3 is 4.90 Å². The van der Waals surface area contributed by atoms with Crippen molar-refractivity contribution < 1.29 is 0 Å². The number of anilines is 1. The van der Waals surface area contributed by atoms with Crippen LogP contribution in [0.15, 0.2) is 35.1 Å². The van der Waals surface area contributed by atoms with Crippen LogP contribution in [0.2, 0.25) is 0 Å². The molecule has 1 aromatic heterocycles. The number of piperazine rings is 1. The largest absolute Gasteiger partial charge is 0.340 e. The van der Waals surface area contributed by atoms with Crippen molar-refractivity contribution in [3.63, 3.8) is 0 Å². The second-order valence-electron chi connectivity index (χ2n) is 6.70. The molecule has 5 nitrogen and oxygen atoms in total. The minimum Gasteiger partial charge on any atom is -0.340 e. The summed E-state index contributed by atoms with van der Waals surface area (Å²) in [5.41, 5.74) is 3.36. The predicted molar refractivity (Wildman–Crippen MR) is 103 cm³/mol. The van der Waals surface area contributed by atoms with Gasteiger partial charge in [0.05, 0.1) is 5.69 Å². The van der Waals surface area contributed by atoms with Gasteiger partial charge in [0.15, 0.2) is 0 Å². The number of H-pyrrole nitrogens is 1. The Kier molecular flexibility index (Phi) is 5.08. The maximum atomic E-state index is 12.3. The maximum Gasteiger partial charge on any atom is 0.255 e. The van der Waals surface area contributed by atoms with Gasteiger partial charge >= 0.3 is 0 Å². The first-order valence-corrected chi connectivity index (χ1v) is 10.0. The molecule has 0 bridgehead atoms. The van der Waals surface area contributed by atoms with Gasteiger partial charge in [0, 0.05) is 37.5 Å². The van der Waals surface area contributed by atoms with E-state index in [9.17, 15) is 4.79 Å². The van der Waals surface area contributed by atoms with E-state index in [1.807, 2.05) is 11.9 Å². The Morgan fingerprint density at radius 3 is 2.60 bits per heavy atom. The summed E-state index contributed by atoms with van der Waals surface area (Å²) in [7, 11) is 0. The molecule has 2 aliphatic rings. The summed E-state index contributed by atoms with van der Waals surface area (Å²) in [6.07, 6.45) is 4.07. The van der Waals surface area contributed by atoms with Crippen LogP contribution in [0.4, 0.5) is 5.95 Å². The SMILES string of the molecule is O=c1[nH]c(N2CCN(SCc3ccccc3)CC2)nc2c1CCCC2. The highest BCUT2D eigenvalue weighted by Gasteiger charge is 2.22. The lowest BCUT2D eigenvalue weighted by atomic mass is 9.97. The molecular formula is C19H24N4OS. The molecule has 25 heavy (non-hydrogen) atoms. The Labute approximate surface area is 152 Å². The zero-order valence-corrected chi connectivity index (χ0v) is 15.2. The molecule has 1 saturated heterocycles. The van der Waals surface area contributed by atoms with Crippen molar-refractivity contribution >= 4 is 17.9 Å². The standard InChI is InChI=1S/C19H24N4OS/c24-18-16-8-4-5-9-17(16)20-19(21-18)22-10-12-23(13-11-22)25-14-15-6-2-1-3-7-15/h1-3,6-7H,4-5,8-14H2,(H,20,21,24). The number of fused-ring (bicyclic) bond motifs is 1. The number of aryl methyl sites for hydroxylation is 1. The molecule has 1 aromatic carbocycles. The second kappa shape index (κ2) is 7.62. The Morgan fingerprint density at radius 2 is 1.80 bits per heavy atom. The van der Waals surface area contributed by atoms with E-state index in [1.165, 1.54) is 5.56 Å². The lowest BCUT2D eigenvalue weighted by Crippen LogP contribution is -2.45. The minimum absolute atomic E-state index is 0.0700. The number of hydrogen-bond acceptors (Lipinski definition) is 5. The summed E-state index contributed by atoms with van der Waals surface area (Å²) in [6, 6.07) is 10.6. The van der Waals surface area contributed by atoms with E-state index in [4.69, 9.17) is 4.98 Å². The van der Waals surface area contributed by atoms with Crippen LogP contribution >= 0.6 is 11.9 Å². The highest BCUT2D eigenvalue weighted by atomic mass is 32.2. The summed E-state index contributed by atoms with van der Waals surface area (Å²) in [6.45, 7) is 3.78. The average Bonchev–Trinajstić information content (AvgIpc) is 2.68. The van der Waals surface area contributed by atoms with E-state index in [0.29, 0.717) is 0 Å². The number of benzene rings is 1. The number of rotatable bonds is 4. The van der Waals surface area contributed by atoms with Crippen molar-refractivity contribution in [1.82, 2.24) is 14.3 Å². The number of hydrogen-bond donors (Lipinski definition) is 1. The maximum absolute atomic E-state index is 12.3. The van der Waals surface area contributed by atoms with Crippen molar-refractivity contribution in [1.29, 1.82) is 0 Å². The fourth-order valence-electron chi connectivity index (χ4n) is 3.51. The van der Waals surface area contributed by atoms with Gasteiger partial charge in [-0.15, -0.1) is 0 Å². The average molecular weight is 356 g/mol. The van der Waals surface area contributed by atoms with Crippen molar-refractivity contribution in [2.75, 3.05) is 31.1 Å². The molecular weight excluding hydrogens is 332 g/mol. The van der Waals surface area contributed by atoms with Crippen LogP contribution in [0.1, 0.15) is 29.7 Å². The highest BCUT2D eigenvalue weighted by Crippen LogP contribution is 2.22. The number of nitrogens with zero attached hydrogens (tertiary/aromatic N) is 3. The lowest BCUT2D eigenvalue weighted by molar-refractivity contribution is 0.425. The van der Waals surface area contributed by atoms with E-state index in [0.717, 1.165) is 74.8 Å². The Bertz CT molecular complexity index is 769. The Hall–Kier alpha value is -1.79. The number of nitrogens with one attached hydrogen (secondary N) is 1. The molecule has 0 atom stereocenters.